The number of hydrogen-bond acceptors (Lipinski definition) is 10. The van der Waals surface area contributed by atoms with E-state index < -0.39 is 16.9 Å². The van der Waals surface area contributed by atoms with Crippen molar-refractivity contribution in [2.24, 2.45) is 4.99 Å². The molecule has 10 nitrogen and oxygen atoms in total. The Hall–Kier alpha value is -4.29. The molecule has 0 saturated heterocycles. The number of nitro benzene ring substituents is 1. The molecule has 0 amide bonds. The minimum absolute atomic E-state index is 0.101. The number of furan rings is 1. The number of allylic oxidation sites excluding steroid dienone is 1. The van der Waals surface area contributed by atoms with Crippen molar-refractivity contribution in [3.05, 3.63) is 99.6 Å². The zero-order valence-electron chi connectivity index (χ0n) is 20.5. The van der Waals surface area contributed by atoms with Crippen LogP contribution in [0.5, 0.6) is 5.75 Å². The first-order valence-electron chi connectivity index (χ1n) is 11.5. The van der Waals surface area contributed by atoms with E-state index in [1.165, 1.54) is 46.5 Å². The molecule has 38 heavy (non-hydrogen) atoms. The molecule has 0 unspecified atom stereocenters. The van der Waals surface area contributed by atoms with Gasteiger partial charge in [0.05, 0.1) is 46.1 Å². The third kappa shape index (κ3) is 4.48. The number of thiophene rings is 1. The number of methoxy groups -OCH3 is 1. The third-order valence-corrected chi connectivity index (χ3v) is 7.80. The summed E-state index contributed by atoms with van der Waals surface area (Å²) >= 11 is 2.64. The lowest BCUT2D eigenvalue weighted by molar-refractivity contribution is -0.384. The molecule has 1 aliphatic heterocycles. The maximum absolute atomic E-state index is 13.6. The summed E-state index contributed by atoms with van der Waals surface area (Å²) < 4.78 is 18.5. The van der Waals surface area contributed by atoms with Gasteiger partial charge in [-0.15, -0.1) is 11.3 Å². The number of thiazole rings is 1. The number of nitrogens with zero attached hydrogens (tertiary/aromatic N) is 3. The summed E-state index contributed by atoms with van der Waals surface area (Å²) in [6, 6.07) is 10.7. The van der Waals surface area contributed by atoms with E-state index in [2.05, 4.69) is 4.99 Å². The highest BCUT2D eigenvalue weighted by molar-refractivity contribution is 7.10. The van der Waals surface area contributed by atoms with E-state index in [0.29, 0.717) is 37.7 Å². The number of esters is 1. The molecule has 5 rings (SSSR count). The molecule has 194 valence electrons. The van der Waals surface area contributed by atoms with Crippen molar-refractivity contribution in [2.75, 3.05) is 13.7 Å². The smallest absolute Gasteiger partial charge is 0.338 e. The lowest BCUT2D eigenvalue weighted by atomic mass is 10.0. The first kappa shape index (κ1) is 25.4. The van der Waals surface area contributed by atoms with Gasteiger partial charge in [0.2, 0.25) is 0 Å². The van der Waals surface area contributed by atoms with E-state index in [-0.39, 0.29) is 23.6 Å². The first-order chi connectivity index (χ1) is 18.3. The number of ether oxygens (including phenoxy) is 2. The maximum Gasteiger partial charge on any atom is 0.338 e. The number of aromatic nitrogens is 1. The van der Waals surface area contributed by atoms with Crippen molar-refractivity contribution in [3.8, 4) is 17.1 Å². The molecule has 0 fully saturated rings. The van der Waals surface area contributed by atoms with Gasteiger partial charge in [-0.05, 0) is 43.5 Å². The Morgan fingerprint density at radius 1 is 1.29 bits per heavy atom. The summed E-state index contributed by atoms with van der Waals surface area (Å²) in [5.74, 6) is 0.610. The van der Waals surface area contributed by atoms with Crippen molar-refractivity contribution in [1.82, 2.24) is 4.57 Å². The number of carbonyl (C=O) groups is 1. The fraction of sp³-hybridized carbons (Fsp3) is 0.192. The van der Waals surface area contributed by atoms with Crippen LogP contribution in [0.2, 0.25) is 0 Å². The highest BCUT2D eigenvalue weighted by Crippen LogP contribution is 2.35. The standard InChI is InChI=1S/C26H21N3O7S2/c1-4-35-25(31)22-14(2)27-26-28(23(22)20-6-5-11-37-20)24(30)21(38-26)13-16-8-10-18(36-16)17-9-7-15(29(32)33)12-19(17)34-3/h5-13,23H,4H2,1-3H3/b21-13+/t23-/m0/s1. The Labute approximate surface area is 223 Å². The second-order valence-corrected chi connectivity index (χ2v) is 10.1. The normalized spacial score (nSPS) is 15.2. The summed E-state index contributed by atoms with van der Waals surface area (Å²) in [6.07, 6.45) is 1.61. The van der Waals surface area contributed by atoms with Crippen LogP contribution in [0.1, 0.15) is 30.5 Å². The number of carbonyl (C=O) groups excluding carboxylic acids is 1. The van der Waals surface area contributed by atoms with Crippen LogP contribution in [0.15, 0.2) is 73.3 Å². The summed E-state index contributed by atoms with van der Waals surface area (Å²) in [7, 11) is 1.42. The fourth-order valence-corrected chi connectivity index (χ4v) is 6.06. The Morgan fingerprint density at radius 3 is 2.79 bits per heavy atom. The molecule has 0 saturated carbocycles. The monoisotopic (exact) mass is 551 g/mol. The van der Waals surface area contributed by atoms with Crippen LogP contribution < -0.4 is 19.6 Å². The van der Waals surface area contributed by atoms with E-state index in [1.807, 2.05) is 17.5 Å². The Balaban J connectivity index is 1.59. The van der Waals surface area contributed by atoms with Gasteiger partial charge in [-0.2, -0.15) is 0 Å². The SMILES string of the molecule is CCOC(=O)C1=C(C)N=c2s/c(=C/c3ccc(-c4ccc([N+](=O)[O-])cc4OC)o3)c(=O)n2[C@H]1c1cccs1. The van der Waals surface area contributed by atoms with E-state index in [1.54, 1.807) is 38.1 Å². The van der Waals surface area contributed by atoms with Crippen molar-refractivity contribution in [3.63, 3.8) is 0 Å². The number of benzene rings is 1. The molecule has 4 heterocycles. The van der Waals surface area contributed by atoms with Crippen molar-refractivity contribution >= 4 is 40.4 Å². The fourth-order valence-electron chi connectivity index (χ4n) is 4.21. The second-order valence-electron chi connectivity index (χ2n) is 8.16. The van der Waals surface area contributed by atoms with E-state index >= 15 is 0 Å². The molecule has 0 bridgehead atoms. The second kappa shape index (κ2) is 10.2. The average molecular weight is 552 g/mol. The highest BCUT2D eigenvalue weighted by Gasteiger charge is 2.33. The molecule has 1 aromatic carbocycles. The van der Waals surface area contributed by atoms with Gasteiger partial charge in [0.15, 0.2) is 4.80 Å². The van der Waals surface area contributed by atoms with Crippen LogP contribution in [0.3, 0.4) is 0 Å². The Bertz CT molecular complexity index is 1760. The highest BCUT2D eigenvalue weighted by atomic mass is 32.1. The predicted octanol–water partition coefficient (Wildman–Crippen LogP) is 4.04. The maximum atomic E-state index is 13.6. The third-order valence-electron chi connectivity index (χ3n) is 5.89. The van der Waals surface area contributed by atoms with Gasteiger partial charge >= 0.3 is 5.97 Å². The number of nitro groups is 1. The summed E-state index contributed by atoms with van der Waals surface area (Å²) in [5.41, 5.74) is 0.953. The number of hydrogen-bond donors (Lipinski definition) is 0. The van der Waals surface area contributed by atoms with Gasteiger partial charge < -0.3 is 13.9 Å². The van der Waals surface area contributed by atoms with E-state index in [0.717, 1.165) is 4.88 Å². The number of non-ortho nitro benzene ring substituents is 1. The topological polar surface area (TPSA) is 126 Å². The molecule has 3 aromatic heterocycles. The minimum atomic E-state index is -0.649. The predicted molar refractivity (Wildman–Crippen MR) is 142 cm³/mol. The molecule has 0 radical (unpaired) electrons. The lowest BCUT2D eigenvalue weighted by Crippen LogP contribution is -2.39. The molecule has 1 aliphatic rings. The zero-order valence-corrected chi connectivity index (χ0v) is 22.1. The zero-order chi connectivity index (χ0) is 27.0. The summed E-state index contributed by atoms with van der Waals surface area (Å²) in [4.78, 5) is 42.9. The van der Waals surface area contributed by atoms with Crippen LogP contribution in [-0.2, 0) is 9.53 Å². The summed E-state index contributed by atoms with van der Waals surface area (Å²) in [5, 5.41) is 13.0. The molecular formula is C26H21N3O7S2. The Morgan fingerprint density at radius 2 is 2.11 bits per heavy atom. The molecule has 0 N–H and O–H groups in total. The molecule has 0 spiro atoms. The van der Waals surface area contributed by atoms with Crippen molar-refractivity contribution < 1.29 is 23.6 Å². The van der Waals surface area contributed by atoms with Crippen LogP contribution in [0, 0.1) is 10.1 Å². The molecular weight excluding hydrogens is 530 g/mol. The van der Waals surface area contributed by atoms with Crippen LogP contribution in [-0.4, -0.2) is 29.2 Å². The molecule has 4 aromatic rings. The van der Waals surface area contributed by atoms with Crippen molar-refractivity contribution in [2.45, 2.75) is 19.9 Å². The molecule has 12 heteroatoms. The number of rotatable bonds is 7. The lowest BCUT2D eigenvalue weighted by Gasteiger charge is -2.23. The van der Waals surface area contributed by atoms with Crippen LogP contribution in [0.4, 0.5) is 5.69 Å². The minimum Gasteiger partial charge on any atom is -0.496 e. The van der Waals surface area contributed by atoms with E-state index in [9.17, 15) is 19.7 Å². The van der Waals surface area contributed by atoms with Gasteiger partial charge in [-0.3, -0.25) is 19.5 Å². The van der Waals surface area contributed by atoms with Crippen LogP contribution in [0.25, 0.3) is 17.4 Å². The van der Waals surface area contributed by atoms with Gasteiger partial charge in [0.1, 0.15) is 23.3 Å². The quantitative estimate of drug-likeness (QED) is 0.193. The van der Waals surface area contributed by atoms with Gasteiger partial charge in [0, 0.05) is 17.0 Å². The van der Waals surface area contributed by atoms with Gasteiger partial charge in [-0.25, -0.2) is 9.79 Å². The largest absolute Gasteiger partial charge is 0.496 e. The number of fused-ring (bicyclic) bond motifs is 1. The van der Waals surface area contributed by atoms with Gasteiger partial charge in [-0.1, -0.05) is 17.4 Å². The van der Waals surface area contributed by atoms with Crippen molar-refractivity contribution in [1.29, 1.82) is 0 Å². The molecule has 1 atom stereocenters. The molecule has 0 aliphatic carbocycles. The van der Waals surface area contributed by atoms with Crippen LogP contribution >= 0.6 is 22.7 Å². The summed E-state index contributed by atoms with van der Waals surface area (Å²) in [6.45, 7) is 3.67. The average Bonchev–Trinajstić information content (AvgIpc) is 3.65. The van der Waals surface area contributed by atoms with Gasteiger partial charge in [0.25, 0.3) is 11.2 Å². The Kier molecular flexibility index (Phi) is 6.83. The van der Waals surface area contributed by atoms with E-state index in [4.69, 9.17) is 13.9 Å². The first-order valence-corrected chi connectivity index (χ1v) is 13.2.